The highest BCUT2D eigenvalue weighted by Gasteiger charge is 2.38. The van der Waals surface area contributed by atoms with Gasteiger partial charge in [0, 0.05) is 11.1 Å². The molecule has 1 aliphatic rings. The van der Waals surface area contributed by atoms with Gasteiger partial charge >= 0.3 is 5.97 Å². The fourth-order valence-electron chi connectivity index (χ4n) is 2.14. The smallest absolute Gasteiger partial charge is 0.306 e. The molecule has 0 aliphatic heterocycles. The van der Waals surface area contributed by atoms with Crippen LogP contribution in [0, 0.1) is 5.92 Å². The second-order valence-electron chi connectivity index (χ2n) is 5.74. The third-order valence-electron chi connectivity index (χ3n) is 3.56. The lowest BCUT2D eigenvalue weighted by Gasteiger charge is -2.35. The number of carboxylic acids is 1. The van der Waals surface area contributed by atoms with Crippen LogP contribution in [0.15, 0.2) is 24.3 Å². The Morgan fingerprint density at radius 3 is 2.38 bits per heavy atom. The number of benzene rings is 1. The molecule has 1 saturated carbocycles. The van der Waals surface area contributed by atoms with Gasteiger partial charge < -0.3 is 15.2 Å². The number of carbonyl (C=O) groups is 2. The molecule has 1 amide bonds. The minimum Gasteiger partial charge on any atom is -0.481 e. The first-order chi connectivity index (χ1) is 9.78. The summed E-state index contributed by atoms with van der Waals surface area (Å²) in [6.45, 7) is 3.34. The Kier molecular flexibility index (Phi) is 4.42. The Balaban J connectivity index is 1.88. The van der Waals surface area contributed by atoms with Gasteiger partial charge in [-0.25, -0.2) is 0 Å². The molecule has 0 aromatic heterocycles. The van der Waals surface area contributed by atoms with Crippen LogP contribution >= 0.6 is 11.6 Å². The van der Waals surface area contributed by atoms with Crippen molar-refractivity contribution in [1.29, 1.82) is 0 Å². The lowest BCUT2D eigenvalue weighted by atomic mass is 9.80. The van der Waals surface area contributed by atoms with E-state index in [4.69, 9.17) is 21.4 Å². The largest absolute Gasteiger partial charge is 0.481 e. The zero-order valence-electron chi connectivity index (χ0n) is 11.9. The maximum Gasteiger partial charge on any atom is 0.306 e. The Hall–Kier alpha value is -1.75. The Morgan fingerprint density at radius 1 is 1.29 bits per heavy atom. The molecule has 1 fully saturated rings. The van der Waals surface area contributed by atoms with Crippen molar-refractivity contribution < 1.29 is 19.4 Å². The highest BCUT2D eigenvalue weighted by Crippen LogP contribution is 2.28. The molecule has 114 valence electrons. The number of hydrogen-bond donors (Lipinski definition) is 2. The fraction of sp³-hybridized carbons (Fsp3) is 0.467. The van der Waals surface area contributed by atoms with Crippen LogP contribution in [0.2, 0.25) is 5.02 Å². The maximum atomic E-state index is 12.2. The van der Waals surface area contributed by atoms with Crippen molar-refractivity contribution in [2.75, 3.05) is 0 Å². The van der Waals surface area contributed by atoms with Gasteiger partial charge in [0.2, 0.25) is 0 Å². The lowest BCUT2D eigenvalue weighted by molar-refractivity contribution is -0.147. The number of carbonyl (C=O) groups excluding carboxylic acids is 1. The fourth-order valence-corrected chi connectivity index (χ4v) is 2.27. The van der Waals surface area contributed by atoms with Gasteiger partial charge in [-0.15, -0.1) is 0 Å². The molecule has 0 radical (unpaired) electrons. The van der Waals surface area contributed by atoms with E-state index in [2.05, 4.69) is 5.32 Å². The van der Waals surface area contributed by atoms with Crippen molar-refractivity contribution in [3.63, 3.8) is 0 Å². The topological polar surface area (TPSA) is 75.6 Å². The van der Waals surface area contributed by atoms with Crippen LogP contribution in [0.1, 0.15) is 26.7 Å². The molecule has 2 rings (SSSR count). The quantitative estimate of drug-likeness (QED) is 0.876. The second-order valence-corrected chi connectivity index (χ2v) is 6.18. The zero-order chi connectivity index (χ0) is 15.6. The maximum absolute atomic E-state index is 12.2. The number of carboxylic acid groups (broad SMARTS) is 1. The second kappa shape index (κ2) is 5.93. The molecule has 0 unspecified atom stereocenters. The van der Waals surface area contributed by atoms with E-state index in [-0.39, 0.29) is 17.9 Å². The molecule has 0 bridgehead atoms. The average Bonchev–Trinajstić information content (AvgIpc) is 2.35. The van der Waals surface area contributed by atoms with Crippen LogP contribution in [-0.2, 0) is 9.59 Å². The molecule has 5 nitrogen and oxygen atoms in total. The molecule has 0 saturated heterocycles. The van der Waals surface area contributed by atoms with Gasteiger partial charge in [0.15, 0.2) is 5.60 Å². The number of aliphatic carboxylic acids is 1. The molecule has 0 atom stereocenters. The molecular weight excluding hydrogens is 294 g/mol. The van der Waals surface area contributed by atoms with Crippen molar-refractivity contribution in [2.24, 2.45) is 5.92 Å². The third-order valence-corrected chi connectivity index (χ3v) is 3.81. The lowest BCUT2D eigenvalue weighted by Crippen LogP contribution is -2.54. The van der Waals surface area contributed by atoms with Crippen LogP contribution < -0.4 is 10.1 Å². The van der Waals surface area contributed by atoms with E-state index in [1.165, 1.54) is 0 Å². The summed E-state index contributed by atoms with van der Waals surface area (Å²) in [5.41, 5.74) is -1.04. The van der Waals surface area contributed by atoms with Crippen LogP contribution in [0.4, 0.5) is 0 Å². The summed E-state index contributed by atoms with van der Waals surface area (Å²) in [4.78, 5) is 22.9. The molecule has 2 N–H and O–H groups in total. The van der Waals surface area contributed by atoms with Gasteiger partial charge in [0.25, 0.3) is 5.91 Å². The summed E-state index contributed by atoms with van der Waals surface area (Å²) in [6.07, 6.45) is 0.941. The van der Waals surface area contributed by atoms with Crippen molar-refractivity contribution in [2.45, 2.75) is 38.3 Å². The number of amides is 1. The number of halogens is 1. The van der Waals surface area contributed by atoms with Crippen LogP contribution in [0.5, 0.6) is 5.75 Å². The van der Waals surface area contributed by atoms with Gasteiger partial charge in [-0.1, -0.05) is 11.6 Å². The van der Waals surface area contributed by atoms with E-state index in [9.17, 15) is 9.59 Å². The Morgan fingerprint density at radius 2 is 1.86 bits per heavy atom. The first kappa shape index (κ1) is 15.6. The number of nitrogens with one attached hydrogen (secondary N) is 1. The first-order valence-electron chi connectivity index (χ1n) is 6.76. The van der Waals surface area contributed by atoms with E-state index in [0.29, 0.717) is 23.6 Å². The van der Waals surface area contributed by atoms with Crippen molar-refractivity contribution in [1.82, 2.24) is 5.32 Å². The van der Waals surface area contributed by atoms with E-state index >= 15 is 0 Å². The van der Waals surface area contributed by atoms with E-state index in [0.717, 1.165) is 0 Å². The zero-order valence-corrected chi connectivity index (χ0v) is 12.7. The Bertz CT molecular complexity index is 535. The summed E-state index contributed by atoms with van der Waals surface area (Å²) >= 11 is 5.80. The SMILES string of the molecule is CC(C)(Oc1ccc(Cl)cc1)C(=O)NC1CC(C(=O)O)C1. The molecule has 21 heavy (non-hydrogen) atoms. The van der Waals surface area contributed by atoms with E-state index in [1.807, 2.05) is 0 Å². The minimum absolute atomic E-state index is 0.0910. The van der Waals surface area contributed by atoms with Gasteiger partial charge in [-0.2, -0.15) is 0 Å². The molecule has 6 heteroatoms. The number of rotatable bonds is 5. The normalized spacial score (nSPS) is 21.3. The number of ether oxygens (including phenoxy) is 1. The standard InChI is InChI=1S/C15H18ClNO4/c1-15(2,21-12-5-3-10(16)4-6-12)14(20)17-11-7-9(8-11)13(18)19/h3-6,9,11H,7-8H2,1-2H3,(H,17,20)(H,18,19). The minimum atomic E-state index is -1.04. The monoisotopic (exact) mass is 311 g/mol. The van der Waals surface area contributed by atoms with Crippen LogP contribution in [-0.4, -0.2) is 28.6 Å². The molecule has 1 aromatic rings. The first-order valence-corrected chi connectivity index (χ1v) is 7.14. The van der Waals surface area contributed by atoms with Crippen molar-refractivity contribution >= 4 is 23.5 Å². The summed E-state index contributed by atoms with van der Waals surface area (Å²) < 4.78 is 5.68. The summed E-state index contributed by atoms with van der Waals surface area (Å²) in [5.74, 6) is -0.865. The van der Waals surface area contributed by atoms with Crippen LogP contribution in [0.3, 0.4) is 0 Å². The summed E-state index contributed by atoms with van der Waals surface area (Å²) in [5, 5.41) is 12.2. The predicted molar refractivity (Wildman–Crippen MR) is 78.4 cm³/mol. The highest BCUT2D eigenvalue weighted by atomic mass is 35.5. The predicted octanol–water partition coefficient (Wildman–Crippen LogP) is 2.48. The van der Waals surface area contributed by atoms with Gasteiger partial charge in [-0.3, -0.25) is 9.59 Å². The van der Waals surface area contributed by atoms with Crippen molar-refractivity contribution in [3.8, 4) is 5.75 Å². The van der Waals surface area contributed by atoms with Gasteiger partial charge in [0.05, 0.1) is 5.92 Å². The Labute approximate surface area is 128 Å². The molecule has 1 aliphatic carbocycles. The summed E-state index contributed by atoms with van der Waals surface area (Å²) in [6, 6.07) is 6.68. The molecule has 0 spiro atoms. The van der Waals surface area contributed by atoms with Crippen LogP contribution in [0.25, 0.3) is 0 Å². The third kappa shape index (κ3) is 3.88. The number of hydrogen-bond acceptors (Lipinski definition) is 3. The molecule has 0 heterocycles. The molecular formula is C15H18ClNO4. The van der Waals surface area contributed by atoms with E-state index < -0.39 is 11.6 Å². The van der Waals surface area contributed by atoms with E-state index in [1.54, 1.807) is 38.1 Å². The van der Waals surface area contributed by atoms with Crippen molar-refractivity contribution in [3.05, 3.63) is 29.3 Å². The average molecular weight is 312 g/mol. The van der Waals surface area contributed by atoms with Gasteiger partial charge in [-0.05, 0) is 51.0 Å². The highest BCUT2D eigenvalue weighted by molar-refractivity contribution is 6.30. The van der Waals surface area contributed by atoms with Gasteiger partial charge in [0.1, 0.15) is 5.75 Å². The molecule has 1 aromatic carbocycles. The summed E-state index contributed by atoms with van der Waals surface area (Å²) in [7, 11) is 0.